The molecule has 0 unspecified atom stereocenters. The Morgan fingerprint density at radius 3 is 2.06 bits per heavy atom. The van der Waals surface area contributed by atoms with Crippen molar-refractivity contribution in [3.63, 3.8) is 0 Å². The molecule has 0 bridgehead atoms. The van der Waals surface area contributed by atoms with Crippen molar-refractivity contribution in [2.45, 2.75) is 8.13 Å². The smallest absolute Gasteiger partial charge is 0.216 e. The van der Waals surface area contributed by atoms with E-state index >= 15 is 0 Å². The molecule has 0 aromatic carbocycles. The summed E-state index contributed by atoms with van der Waals surface area (Å²) in [5.41, 5.74) is 0. The van der Waals surface area contributed by atoms with Gasteiger partial charge < -0.3 is 0 Å². The van der Waals surface area contributed by atoms with E-state index in [0.717, 1.165) is 0 Å². The second kappa shape index (κ2) is 5.86. The highest BCUT2D eigenvalue weighted by molar-refractivity contribution is 6.75. The van der Waals surface area contributed by atoms with Crippen molar-refractivity contribution in [2.24, 2.45) is 4.99 Å². The minimum atomic E-state index is -2.14. The fraction of sp³-hybridized carbons (Fsp3) is 0.286. The molecular formula is C7Cl7N3O. The van der Waals surface area contributed by atoms with Gasteiger partial charge in [-0.25, -0.2) is 14.8 Å². The fourth-order valence-corrected chi connectivity index (χ4v) is 1.51. The van der Waals surface area contributed by atoms with E-state index in [-0.39, 0.29) is 21.8 Å². The molecule has 0 aliphatic carbocycles. The maximum atomic E-state index is 10.2. The molecule has 18 heavy (non-hydrogen) atoms. The minimum Gasteiger partial charge on any atom is -0.216 e. The quantitative estimate of drug-likeness (QED) is 0.317. The van der Waals surface area contributed by atoms with Crippen LogP contribution in [0.3, 0.4) is 0 Å². The first kappa shape index (κ1) is 16.5. The lowest BCUT2D eigenvalue weighted by Crippen LogP contribution is -2.30. The summed E-state index contributed by atoms with van der Waals surface area (Å²) < 4.78 is -4.26. The van der Waals surface area contributed by atoms with Crippen LogP contribution in [-0.4, -0.2) is 19.8 Å². The molecule has 0 fully saturated rings. The molecule has 0 aliphatic rings. The maximum absolute atomic E-state index is 10.2. The van der Waals surface area contributed by atoms with Crippen LogP contribution in [0.15, 0.2) is 4.99 Å². The maximum Gasteiger partial charge on any atom is 0.242 e. The molecule has 98 valence electrons. The zero-order chi connectivity index (χ0) is 14.1. The third kappa shape index (κ3) is 3.33. The molecule has 0 aliphatic heterocycles. The monoisotopic (exact) mass is 387 g/mol. The van der Waals surface area contributed by atoms with Gasteiger partial charge in [0.1, 0.15) is 5.02 Å². The van der Waals surface area contributed by atoms with Crippen LogP contribution in [0.1, 0.15) is 5.82 Å². The van der Waals surface area contributed by atoms with Gasteiger partial charge in [0.2, 0.25) is 14.2 Å². The number of nitrogens with zero attached hydrogens (tertiary/aromatic N) is 3. The number of isocyanates is 1. The highest BCUT2D eigenvalue weighted by Gasteiger charge is 2.50. The van der Waals surface area contributed by atoms with E-state index in [1.807, 2.05) is 0 Å². The molecule has 4 nitrogen and oxygen atoms in total. The van der Waals surface area contributed by atoms with Gasteiger partial charge in [-0.2, -0.15) is 0 Å². The number of halogens is 7. The largest absolute Gasteiger partial charge is 0.242 e. The average Bonchev–Trinajstić information content (AvgIpc) is 2.23. The molecule has 0 atom stereocenters. The summed E-state index contributed by atoms with van der Waals surface area (Å²) in [6, 6.07) is 0. The summed E-state index contributed by atoms with van der Waals surface area (Å²) >= 11 is 39.8. The normalized spacial score (nSPS) is 12.2. The first-order valence-electron chi connectivity index (χ1n) is 3.87. The number of alkyl halides is 5. The van der Waals surface area contributed by atoms with Gasteiger partial charge >= 0.3 is 0 Å². The molecule has 11 heteroatoms. The number of carbonyl (C=O) groups excluding carboxylic acids is 1. The molecule has 0 radical (unpaired) electrons. The Kier molecular flexibility index (Phi) is 5.39. The van der Waals surface area contributed by atoms with E-state index in [4.69, 9.17) is 81.2 Å². The molecule has 1 rings (SSSR count). The van der Waals surface area contributed by atoms with Crippen molar-refractivity contribution in [3.8, 4) is 0 Å². The van der Waals surface area contributed by atoms with Crippen LogP contribution in [-0.2, 0) is 9.13 Å². The van der Waals surface area contributed by atoms with Gasteiger partial charge in [-0.1, -0.05) is 81.2 Å². The van der Waals surface area contributed by atoms with Crippen molar-refractivity contribution in [1.82, 2.24) is 9.97 Å². The summed E-state index contributed by atoms with van der Waals surface area (Å²) in [6.07, 6.45) is 1.23. The molecule has 0 spiro atoms. The third-order valence-electron chi connectivity index (χ3n) is 1.58. The van der Waals surface area contributed by atoms with Gasteiger partial charge in [-0.05, 0) is 0 Å². The van der Waals surface area contributed by atoms with E-state index < -0.39 is 8.13 Å². The minimum absolute atomic E-state index is 0.183. The van der Waals surface area contributed by atoms with Crippen LogP contribution < -0.4 is 0 Å². The van der Waals surface area contributed by atoms with Crippen molar-refractivity contribution < 1.29 is 4.79 Å². The summed E-state index contributed by atoms with van der Waals surface area (Å²) in [5, 5.41) is -0.437. The second-order valence-electron chi connectivity index (χ2n) is 2.75. The summed E-state index contributed by atoms with van der Waals surface area (Å²) in [7, 11) is 0. The Bertz CT molecular complexity index is 521. The first-order chi connectivity index (χ1) is 8.11. The highest BCUT2D eigenvalue weighted by atomic mass is 35.6. The van der Waals surface area contributed by atoms with E-state index in [9.17, 15) is 4.79 Å². The van der Waals surface area contributed by atoms with Crippen LogP contribution in [0.5, 0.6) is 0 Å². The Morgan fingerprint density at radius 1 is 1.06 bits per heavy atom. The lowest BCUT2D eigenvalue weighted by atomic mass is 10.4. The molecular weight excluding hydrogens is 390 g/mol. The van der Waals surface area contributed by atoms with E-state index in [1.54, 1.807) is 0 Å². The average molecular weight is 390 g/mol. The third-order valence-corrected chi connectivity index (χ3v) is 4.64. The first-order valence-corrected chi connectivity index (χ1v) is 6.51. The van der Waals surface area contributed by atoms with Gasteiger partial charge in [0.05, 0.1) is 0 Å². The topological polar surface area (TPSA) is 55.2 Å². The summed E-state index contributed by atoms with van der Waals surface area (Å²) in [4.78, 5) is 20.8. The molecule has 0 saturated carbocycles. The van der Waals surface area contributed by atoms with Crippen molar-refractivity contribution in [2.75, 3.05) is 0 Å². The summed E-state index contributed by atoms with van der Waals surface area (Å²) in [6.45, 7) is 0. The Hall–Kier alpha value is 0.490. The number of rotatable bonds is 2. The van der Waals surface area contributed by atoms with E-state index in [2.05, 4.69) is 15.0 Å². The number of aliphatic imine (C=N–C) groups is 1. The van der Waals surface area contributed by atoms with Gasteiger partial charge in [-0.15, -0.1) is 4.99 Å². The predicted molar refractivity (Wildman–Crippen MR) is 73.5 cm³/mol. The fourth-order valence-electron chi connectivity index (χ4n) is 0.793. The van der Waals surface area contributed by atoms with E-state index in [0.29, 0.717) is 0 Å². The number of hydrogen-bond acceptors (Lipinski definition) is 4. The van der Waals surface area contributed by atoms with Crippen molar-refractivity contribution >= 4 is 93.1 Å². The zero-order valence-electron chi connectivity index (χ0n) is 7.90. The van der Waals surface area contributed by atoms with Gasteiger partial charge in [-0.3, -0.25) is 0 Å². The van der Waals surface area contributed by atoms with Crippen LogP contribution in [0.4, 0.5) is 5.82 Å². The van der Waals surface area contributed by atoms with Crippen LogP contribution in [0, 0.1) is 0 Å². The van der Waals surface area contributed by atoms with Gasteiger partial charge in [0.25, 0.3) is 0 Å². The second-order valence-corrected chi connectivity index (χ2v) is 7.10. The number of aromatic nitrogens is 2. The Labute approximate surface area is 136 Å². The molecule has 1 aromatic rings. The Morgan fingerprint density at radius 2 is 1.61 bits per heavy atom. The lowest BCUT2D eigenvalue weighted by molar-refractivity contribution is 0.565. The lowest BCUT2D eigenvalue weighted by Gasteiger charge is -2.25. The van der Waals surface area contributed by atoms with Crippen molar-refractivity contribution in [1.29, 1.82) is 0 Å². The highest BCUT2D eigenvalue weighted by Crippen LogP contribution is 2.52. The molecule has 1 heterocycles. The molecule has 0 amide bonds. The van der Waals surface area contributed by atoms with Crippen LogP contribution in [0.2, 0.25) is 10.2 Å². The van der Waals surface area contributed by atoms with Gasteiger partial charge in [0.15, 0.2) is 16.8 Å². The van der Waals surface area contributed by atoms with Crippen LogP contribution in [0.25, 0.3) is 0 Å². The Balaban J connectivity index is 3.49. The van der Waals surface area contributed by atoms with Gasteiger partial charge in [0, 0.05) is 0 Å². The molecule has 1 aromatic heterocycles. The van der Waals surface area contributed by atoms with Crippen molar-refractivity contribution in [3.05, 3.63) is 16.0 Å². The summed E-state index contributed by atoms with van der Waals surface area (Å²) in [5.74, 6) is -0.657. The predicted octanol–water partition coefficient (Wildman–Crippen LogP) is 4.75. The van der Waals surface area contributed by atoms with Crippen LogP contribution >= 0.6 is 81.2 Å². The van der Waals surface area contributed by atoms with E-state index in [1.165, 1.54) is 6.08 Å². The standard InChI is InChI=1S/C7Cl7N3O/c8-2-3(9)16-5(17-4(2)15-1-18)6(10,11)7(12,13)14. The zero-order valence-corrected chi connectivity index (χ0v) is 13.2. The SMILES string of the molecule is O=C=Nc1nc(C(Cl)(Cl)C(Cl)(Cl)Cl)nc(Cl)c1Cl. The number of hydrogen-bond donors (Lipinski definition) is 0. The molecule has 0 N–H and O–H groups in total. The molecule has 0 saturated heterocycles.